The molecule has 0 atom stereocenters. The molecule has 2 aromatic heterocycles. The van der Waals surface area contributed by atoms with Gasteiger partial charge in [0.05, 0.1) is 23.0 Å². The van der Waals surface area contributed by atoms with Crippen LogP contribution in [0.2, 0.25) is 0 Å². The molecule has 23 heavy (non-hydrogen) atoms. The first-order valence-corrected chi connectivity index (χ1v) is 7.14. The highest BCUT2D eigenvalue weighted by Gasteiger charge is 2.09. The summed E-state index contributed by atoms with van der Waals surface area (Å²) in [5.41, 5.74) is 2.27. The lowest BCUT2D eigenvalue weighted by molar-refractivity contribution is 0.712. The molecule has 0 saturated heterocycles. The largest absolute Gasteiger partial charge is 0.329 e. The molecule has 0 unspecified atom stereocenters. The van der Waals surface area contributed by atoms with Crippen molar-refractivity contribution in [3.63, 3.8) is 0 Å². The maximum absolute atomic E-state index is 12.5. The predicted molar refractivity (Wildman–Crippen MR) is 86.4 cm³/mol. The van der Waals surface area contributed by atoms with E-state index in [2.05, 4.69) is 15.3 Å². The number of nitrogens with zero attached hydrogens (tertiary/aromatic N) is 4. The molecule has 114 valence electrons. The van der Waals surface area contributed by atoms with Gasteiger partial charge in [-0.1, -0.05) is 23.4 Å². The zero-order chi connectivity index (χ0) is 16.0. The molecule has 0 spiro atoms. The van der Waals surface area contributed by atoms with Crippen molar-refractivity contribution in [3.05, 3.63) is 68.9 Å². The summed E-state index contributed by atoms with van der Waals surface area (Å²) in [6.07, 6.45) is 0. The summed E-state index contributed by atoms with van der Waals surface area (Å²) in [6.45, 7) is 0.186. The van der Waals surface area contributed by atoms with Crippen LogP contribution >= 0.6 is 0 Å². The second-order valence-corrected chi connectivity index (χ2v) is 5.40. The molecule has 0 bridgehead atoms. The van der Waals surface area contributed by atoms with Gasteiger partial charge < -0.3 is 4.98 Å². The number of hydrogen-bond donors (Lipinski definition) is 1. The minimum absolute atomic E-state index is 0.186. The lowest BCUT2D eigenvalue weighted by Crippen LogP contribution is -2.35. The van der Waals surface area contributed by atoms with E-state index in [4.69, 9.17) is 0 Å². The zero-order valence-electron chi connectivity index (χ0n) is 12.4. The minimum atomic E-state index is -0.423. The lowest BCUT2D eigenvalue weighted by Gasteiger charge is -2.06. The number of rotatable bonds is 2. The number of aryl methyl sites for hydroxylation is 1. The molecule has 0 aliphatic rings. The smallest absolute Gasteiger partial charge is 0.307 e. The van der Waals surface area contributed by atoms with Gasteiger partial charge in [0.15, 0.2) is 0 Å². The fraction of sp³-hybridized carbons (Fsp3) is 0.125. The van der Waals surface area contributed by atoms with Crippen molar-refractivity contribution in [1.82, 2.24) is 24.5 Å². The van der Waals surface area contributed by atoms with Gasteiger partial charge >= 0.3 is 5.69 Å². The Morgan fingerprint density at radius 3 is 2.83 bits per heavy atom. The van der Waals surface area contributed by atoms with Gasteiger partial charge in [0, 0.05) is 7.05 Å². The molecule has 2 aromatic carbocycles. The van der Waals surface area contributed by atoms with Crippen LogP contribution in [0.3, 0.4) is 0 Å². The van der Waals surface area contributed by atoms with E-state index >= 15 is 0 Å². The van der Waals surface area contributed by atoms with Crippen molar-refractivity contribution >= 4 is 21.9 Å². The molecule has 0 radical (unpaired) electrons. The van der Waals surface area contributed by atoms with Crippen LogP contribution in [0.4, 0.5) is 0 Å². The fourth-order valence-corrected chi connectivity index (χ4v) is 2.71. The number of para-hydroxylation sites is 1. The van der Waals surface area contributed by atoms with Crippen LogP contribution in [-0.4, -0.2) is 24.5 Å². The third-order valence-electron chi connectivity index (χ3n) is 3.91. The van der Waals surface area contributed by atoms with Gasteiger partial charge in [-0.3, -0.25) is 9.36 Å². The van der Waals surface area contributed by atoms with Crippen LogP contribution < -0.4 is 11.2 Å². The summed E-state index contributed by atoms with van der Waals surface area (Å²) in [4.78, 5) is 27.5. The van der Waals surface area contributed by atoms with Crippen LogP contribution in [0.15, 0.2) is 52.1 Å². The monoisotopic (exact) mass is 307 g/mol. The number of fused-ring (bicyclic) bond motifs is 2. The van der Waals surface area contributed by atoms with Crippen LogP contribution in [0.5, 0.6) is 0 Å². The SMILES string of the molecule is Cn1nnc2cc(Cn3c(=O)[nH]c4ccccc4c3=O)ccc21. The van der Waals surface area contributed by atoms with E-state index < -0.39 is 5.69 Å². The van der Waals surface area contributed by atoms with Crippen LogP contribution in [-0.2, 0) is 13.6 Å². The number of hydrogen-bond acceptors (Lipinski definition) is 4. The number of benzene rings is 2. The van der Waals surface area contributed by atoms with Crippen molar-refractivity contribution in [2.24, 2.45) is 7.05 Å². The van der Waals surface area contributed by atoms with Crippen molar-refractivity contribution in [3.8, 4) is 0 Å². The summed E-state index contributed by atoms with van der Waals surface area (Å²) < 4.78 is 2.87. The number of nitrogens with one attached hydrogen (secondary N) is 1. The van der Waals surface area contributed by atoms with Gasteiger partial charge in [-0.2, -0.15) is 0 Å². The van der Waals surface area contributed by atoms with Gasteiger partial charge in [0.1, 0.15) is 5.52 Å². The molecular formula is C16H13N5O2. The standard InChI is InChI=1S/C16H13N5O2/c1-20-14-7-6-10(8-13(14)18-19-20)9-21-15(22)11-4-2-3-5-12(11)17-16(21)23/h2-8H,9H2,1H3,(H,17,23). The van der Waals surface area contributed by atoms with Gasteiger partial charge in [-0.05, 0) is 29.8 Å². The first kappa shape index (κ1) is 13.4. The predicted octanol–water partition coefficient (Wildman–Crippen LogP) is 1.02. The normalized spacial score (nSPS) is 11.3. The van der Waals surface area contributed by atoms with Crippen LogP contribution in [0.1, 0.15) is 5.56 Å². The zero-order valence-corrected chi connectivity index (χ0v) is 12.4. The van der Waals surface area contributed by atoms with E-state index in [0.717, 1.165) is 16.6 Å². The Morgan fingerprint density at radius 2 is 1.96 bits per heavy atom. The van der Waals surface area contributed by atoms with Gasteiger partial charge in [-0.15, -0.1) is 5.10 Å². The second kappa shape index (κ2) is 4.91. The van der Waals surface area contributed by atoms with E-state index in [1.54, 1.807) is 28.9 Å². The summed E-state index contributed by atoms with van der Waals surface area (Å²) in [6, 6.07) is 12.6. The molecule has 1 N–H and O–H groups in total. The molecule has 0 aliphatic carbocycles. The van der Waals surface area contributed by atoms with Crippen LogP contribution in [0, 0.1) is 0 Å². The number of aromatic amines is 1. The molecule has 0 saturated carbocycles. The third kappa shape index (κ3) is 2.13. The van der Waals surface area contributed by atoms with Gasteiger partial charge in [0.25, 0.3) is 5.56 Å². The Bertz CT molecular complexity index is 1150. The quantitative estimate of drug-likeness (QED) is 0.599. The van der Waals surface area contributed by atoms with E-state index in [-0.39, 0.29) is 12.1 Å². The summed E-state index contributed by atoms with van der Waals surface area (Å²) in [5, 5.41) is 8.50. The number of aromatic nitrogens is 5. The Morgan fingerprint density at radius 1 is 1.13 bits per heavy atom. The molecule has 2 heterocycles. The molecule has 0 fully saturated rings. The van der Waals surface area contributed by atoms with E-state index in [9.17, 15) is 9.59 Å². The summed E-state index contributed by atoms with van der Waals surface area (Å²) in [7, 11) is 1.81. The van der Waals surface area contributed by atoms with E-state index in [1.807, 2.05) is 25.2 Å². The first-order valence-electron chi connectivity index (χ1n) is 7.14. The summed E-state index contributed by atoms with van der Waals surface area (Å²) in [5.74, 6) is 0. The molecule has 0 aliphatic heterocycles. The Hall–Kier alpha value is -3.22. The third-order valence-corrected chi connectivity index (χ3v) is 3.91. The Balaban J connectivity index is 1.85. The maximum Gasteiger partial charge on any atom is 0.329 e. The van der Waals surface area contributed by atoms with Gasteiger partial charge in [0.2, 0.25) is 0 Å². The van der Waals surface area contributed by atoms with Crippen LogP contribution in [0.25, 0.3) is 21.9 Å². The van der Waals surface area contributed by atoms with Crippen molar-refractivity contribution in [2.45, 2.75) is 6.54 Å². The lowest BCUT2D eigenvalue weighted by atomic mass is 10.2. The average molecular weight is 307 g/mol. The van der Waals surface area contributed by atoms with Gasteiger partial charge in [-0.25, -0.2) is 9.48 Å². The van der Waals surface area contributed by atoms with Crippen molar-refractivity contribution in [1.29, 1.82) is 0 Å². The summed E-state index contributed by atoms with van der Waals surface area (Å²) >= 11 is 0. The molecule has 7 nitrogen and oxygen atoms in total. The topological polar surface area (TPSA) is 85.6 Å². The first-order chi connectivity index (χ1) is 11.1. The van der Waals surface area contributed by atoms with E-state index in [0.29, 0.717) is 10.9 Å². The van der Waals surface area contributed by atoms with Crippen molar-refractivity contribution in [2.75, 3.05) is 0 Å². The van der Waals surface area contributed by atoms with E-state index in [1.165, 1.54) is 4.57 Å². The molecular weight excluding hydrogens is 294 g/mol. The second-order valence-electron chi connectivity index (χ2n) is 5.40. The fourth-order valence-electron chi connectivity index (χ4n) is 2.71. The molecule has 4 aromatic rings. The molecule has 0 amide bonds. The molecule has 4 rings (SSSR count). The minimum Gasteiger partial charge on any atom is -0.307 e. The average Bonchev–Trinajstić information content (AvgIpc) is 2.92. The Labute approximate surface area is 129 Å². The highest BCUT2D eigenvalue weighted by Crippen LogP contribution is 2.13. The maximum atomic E-state index is 12.5. The number of H-pyrrole nitrogens is 1. The highest BCUT2D eigenvalue weighted by molar-refractivity contribution is 5.77. The Kier molecular flexibility index (Phi) is 2.87. The molecule has 7 heteroatoms. The highest BCUT2D eigenvalue weighted by atomic mass is 16.2. The van der Waals surface area contributed by atoms with Crippen molar-refractivity contribution < 1.29 is 0 Å².